The Morgan fingerprint density at radius 3 is 2.41 bits per heavy atom. The first-order valence-corrected chi connectivity index (χ1v) is 8.52. The minimum Gasteiger partial charge on any atom is -0.345 e. The van der Waals surface area contributed by atoms with Gasteiger partial charge in [-0.3, -0.25) is 14.4 Å². The Balaban J connectivity index is 2.01. The topological polar surface area (TPSA) is 71.4 Å². The predicted molar refractivity (Wildman–Crippen MR) is 106 cm³/mol. The number of hydrogen-bond acceptors (Lipinski definition) is 3. The molecule has 1 heterocycles. The number of pyridine rings is 1. The minimum absolute atomic E-state index is 0.0555. The fraction of sp³-hybridized carbons (Fsp3) is 0.190. The van der Waals surface area contributed by atoms with Crippen LogP contribution in [0.1, 0.15) is 26.3 Å². The summed E-state index contributed by atoms with van der Waals surface area (Å²) in [7, 11) is 4.99. The second-order valence-corrected chi connectivity index (χ2v) is 6.61. The number of nitrogens with one attached hydrogen (secondary N) is 1. The molecule has 0 radical (unpaired) electrons. The van der Waals surface area contributed by atoms with Gasteiger partial charge in [-0.2, -0.15) is 0 Å². The van der Waals surface area contributed by atoms with Gasteiger partial charge in [0.15, 0.2) is 0 Å². The van der Waals surface area contributed by atoms with Gasteiger partial charge in [0.2, 0.25) is 0 Å². The van der Waals surface area contributed by atoms with Gasteiger partial charge in [0.05, 0.1) is 5.52 Å². The van der Waals surface area contributed by atoms with E-state index in [0.29, 0.717) is 16.8 Å². The average molecular weight is 363 g/mol. The molecule has 0 bridgehead atoms. The van der Waals surface area contributed by atoms with Crippen LogP contribution in [0.2, 0.25) is 0 Å². The molecule has 0 spiro atoms. The Kier molecular flexibility index (Phi) is 4.81. The number of para-hydroxylation sites is 1. The highest BCUT2D eigenvalue weighted by molar-refractivity contribution is 6.07. The Hall–Kier alpha value is -3.41. The predicted octanol–water partition coefficient (Wildman–Crippen LogP) is 2.80. The van der Waals surface area contributed by atoms with Gasteiger partial charge in [-0.1, -0.05) is 24.3 Å². The molecule has 0 aliphatic carbocycles. The number of rotatable bonds is 3. The molecule has 27 heavy (non-hydrogen) atoms. The van der Waals surface area contributed by atoms with Gasteiger partial charge in [-0.15, -0.1) is 0 Å². The highest BCUT2D eigenvalue weighted by Crippen LogP contribution is 2.21. The summed E-state index contributed by atoms with van der Waals surface area (Å²) in [6, 6.07) is 14.1. The summed E-state index contributed by atoms with van der Waals surface area (Å²) < 4.78 is 1.46. The van der Waals surface area contributed by atoms with Crippen molar-refractivity contribution < 1.29 is 9.59 Å². The zero-order valence-corrected chi connectivity index (χ0v) is 15.7. The quantitative estimate of drug-likeness (QED) is 0.778. The lowest BCUT2D eigenvalue weighted by Gasteiger charge is -2.16. The number of fused-ring (bicyclic) bond motifs is 1. The van der Waals surface area contributed by atoms with Crippen LogP contribution in [0, 0.1) is 6.92 Å². The van der Waals surface area contributed by atoms with Crippen LogP contribution in [0.3, 0.4) is 0 Å². The van der Waals surface area contributed by atoms with E-state index < -0.39 is 5.91 Å². The third kappa shape index (κ3) is 3.33. The fourth-order valence-electron chi connectivity index (χ4n) is 3.02. The van der Waals surface area contributed by atoms with Gasteiger partial charge < -0.3 is 14.8 Å². The molecule has 1 aromatic heterocycles. The SMILES string of the molecule is Cc1c(NC(=O)c2cc3ccccc3n(C)c2=O)cccc1C(=O)N(C)C. The van der Waals surface area contributed by atoms with E-state index in [2.05, 4.69) is 5.32 Å². The maximum atomic E-state index is 12.8. The molecule has 0 saturated heterocycles. The maximum absolute atomic E-state index is 12.8. The van der Waals surface area contributed by atoms with E-state index in [-0.39, 0.29) is 17.0 Å². The first-order chi connectivity index (χ1) is 12.8. The lowest BCUT2D eigenvalue weighted by molar-refractivity contribution is 0.0826. The van der Waals surface area contributed by atoms with Crippen LogP contribution >= 0.6 is 0 Å². The smallest absolute Gasteiger partial charge is 0.263 e. The van der Waals surface area contributed by atoms with E-state index in [1.165, 1.54) is 9.47 Å². The standard InChI is InChI=1S/C21H21N3O3/c1-13-15(20(26)23(2)3)9-7-10-17(13)22-19(25)16-12-14-8-5-6-11-18(14)24(4)21(16)27/h5-12H,1-4H3,(H,22,25). The maximum Gasteiger partial charge on any atom is 0.263 e. The zero-order chi connectivity index (χ0) is 19.7. The molecule has 0 unspecified atom stereocenters. The van der Waals surface area contributed by atoms with Crippen LogP contribution in [-0.4, -0.2) is 35.4 Å². The number of hydrogen-bond donors (Lipinski definition) is 1. The first kappa shape index (κ1) is 18.4. The molecule has 3 rings (SSSR count). The summed E-state index contributed by atoms with van der Waals surface area (Å²) in [6.07, 6.45) is 0. The molecule has 2 amide bonds. The zero-order valence-electron chi connectivity index (χ0n) is 15.7. The number of nitrogens with zero attached hydrogens (tertiary/aromatic N) is 2. The number of anilines is 1. The van der Waals surface area contributed by atoms with E-state index in [0.717, 1.165) is 10.9 Å². The summed E-state index contributed by atoms with van der Waals surface area (Å²) in [5.74, 6) is -0.649. The molecule has 0 fully saturated rings. The van der Waals surface area contributed by atoms with Crippen molar-refractivity contribution in [2.45, 2.75) is 6.92 Å². The summed E-state index contributed by atoms with van der Waals surface area (Å²) >= 11 is 0. The molecule has 0 saturated carbocycles. The summed E-state index contributed by atoms with van der Waals surface area (Å²) in [5.41, 5.74) is 2.10. The fourth-order valence-corrected chi connectivity index (χ4v) is 3.02. The lowest BCUT2D eigenvalue weighted by Crippen LogP contribution is -2.28. The van der Waals surface area contributed by atoms with Crippen molar-refractivity contribution >= 4 is 28.4 Å². The van der Waals surface area contributed by atoms with Crippen LogP contribution in [0.4, 0.5) is 5.69 Å². The Labute approximate surface area is 157 Å². The number of aromatic nitrogens is 1. The van der Waals surface area contributed by atoms with E-state index >= 15 is 0 Å². The van der Waals surface area contributed by atoms with Crippen molar-refractivity contribution in [2.24, 2.45) is 7.05 Å². The van der Waals surface area contributed by atoms with Crippen molar-refractivity contribution in [2.75, 3.05) is 19.4 Å². The molecule has 6 nitrogen and oxygen atoms in total. The molecule has 3 aromatic rings. The molecule has 0 atom stereocenters. The normalized spacial score (nSPS) is 10.7. The van der Waals surface area contributed by atoms with Crippen molar-refractivity contribution in [1.82, 2.24) is 9.47 Å². The molecule has 1 N–H and O–H groups in total. The van der Waals surface area contributed by atoms with Crippen molar-refractivity contribution in [1.29, 1.82) is 0 Å². The van der Waals surface area contributed by atoms with E-state index in [1.54, 1.807) is 52.3 Å². The van der Waals surface area contributed by atoms with Gasteiger partial charge >= 0.3 is 0 Å². The number of aryl methyl sites for hydroxylation is 1. The van der Waals surface area contributed by atoms with Crippen LogP contribution < -0.4 is 10.9 Å². The highest BCUT2D eigenvalue weighted by atomic mass is 16.2. The molecule has 6 heteroatoms. The van der Waals surface area contributed by atoms with Crippen LogP contribution in [-0.2, 0) is 7.05 Å². The Morgan fingerprint density at radius 2 is 1.70 bits per heavy atom. The average Bonchev–Trinajstić information content (AvgIpc) is 2.65. The Morgan fingerprint density at radius 1 is 1.00 bits per heavy atom. The van der Waals surface area contributed by atoms with Gasteiger partial charge in [0, 0.05) is 32.4 Å². The number of amides is 2. The Bertz CT molecular complexity index is 1110. The van der Waals surface area contributed by atoms with E-state index in [9.17, 15) is 14.4 Å². The van der Waals surface area contributed by atoms with Crippen LogP contribution in [0.15, 0.2) is 53.3 Å². The number of benzene rings is 2. The largest absolute Gasteiger partial charge is 0.345 e. The summed E-state index contributed by atoms with van der Waals surface area (Å²) in [4.78, 5) is 39.1. The van der Waals surface area contributed by atoms with Crippen LogP contribution in [0.25, 0.3) is 10.9 Å². The first-order valence-electron chi connectivity index (χ1n) is 8.52. The van der Waals surface area contributed by atoms with Crippen molar-refractivity contribution in [3.8, 4) is 0 Å². The monoisotopic (exact) mass is 363 g/mol. The number of carbonyl (C=O) groups is 2. The molecule has 2 aromatic carbocycles. The van der Waals surface area contributed by atoms with E-state index in [1.807, 2.05) is 24.3 Å². The van der Waals surface area contributed by atoms with Crippen molar-refractivity contribution in [3.63, 3.8) is 0 Å². The second-order valence-electron chi connectivity index (χ2n) is 6.61. The molecular weight excluding hydrogens is 342 g/mol. The molecule has 138 valence electrons. The minimum atomic E-state index is -0.501. The van der Waals surface area contributed by atoms with Gasteiger partial charge in [-0.05, 0) is 42.1 Å². The van der Waals surface area contributed by atoms with Crippen LogP contribution in [0.5, 0.6) is 0 Å². The van der Waals surface area contributed by atoms with Gasteiger partial charge in [-0.25, -0.2) is 0 Å². The molecule has 0 aliphatic heterocycles. The number of carbonyl (C=O) groups excluding carboxylic acids is 2. The lowest BCUT2D eigenvalue weighted by atomic mass is 10.1. The summed E-state index contributed by atoms with van der Waals surface area (Å²) in [5, 5.41) is 3.57. The summed E-state index contributed by atoms with van der Waals surface area (Å²) in [6.45, 7) is 1.77. The second kappa shape index (κ2) is 7.07. The molecule has 0 aliphatic rings. The third-order valence-electron chi connectivity index (χ3n) is 4.60. The van der Waals surface area contributed by atoms with Crippen molar-refractivity contribution in [3.05, 3.63) is 75.6 Å². The highest BCUT2D eigenvalue weighted by Gasteiger charge is 2.18. The van der Waals surface area contributed by atoms with Gasteiger partial charge in [0.1, 0.15) is 5.56 Å². The van der Waals surface area contributed by atoms with Gasteiger partial charge in [0.25, 0.3) is 17.4 Å². The third-order valence-corrected chi connectivity index (χ3v) is 4.60. The van der Waals surface area contributed by atoms with E-state index in [4.69, 9.17) is 0 Å². The molecular formula is C21H21N3O3.